The Labute approximate surface area is 200 Å². The fraction of sp³-hybridized carbons (Fsp3) is 0.304. The number of nitrogens with zero attached hydrogens (tertiary/aromatic N) is 3. The summed E-state index contributed by atoms with van der Waals surface area (Å²) in [5.41, 5.74) is -0.363. The minimum Gasteiger partial charge on any atom is -0.489 e. The monoisotopic (exact) mass is 489 g/mol. The molecule has 0 aliphatic carbocycles. The molecule has 3 rings (SSSR count). The zero-order valence-electron chi connectivity index (χ0n) is 18.7. The van der Waals surface area contributed by atoms with Crippen molar-refractivity contribution < 1.29 is 34.2 Å². The van der Waals surface area contributed by atoms with Crippen LogP contribution in [0, 0.1) is 0 Å². The van der Waals surface area contributed by atoms with E-state index >= 15 is 0 Å². The molecule has 11 heteroatoms. The molecule has 0 spiro atoms. The van der Waals surface area contributed by atoms with Crippen molar-refractivity contribution in [3.8, 4) is 28.6 Å². The highest BCUT2D eigenvalue weighted by atomic mass is 35.5. The molecule has 1 heterocycles. The van der Waals surface area contributed by atoms with Crippen molar-refractivity contribution in [2.45, 2.75) is 32.6 Å². The number of hydrogen-bond donors (Lipinski definition) is 3. The highest BCUT2D eigenvalue weighted by Gasteiger charge is 2.34. The van der Waals surface area contributed by atoms with E-state index in [1.54, 1.807) is 30.3 Å². The van der Waals surface area contributed by atoms with Crippen LogP contribution in [0.1, 0.15) is 26.3 Å². The third-order valence-corrected chi connectivity index (χ3v) is 5.22. The maximum Gasteiger partial charge on any atom is 0.317 e. The molecule has 2 aromatic carbocycles. The van der Waals surface area contributed by atoms with Gasteiger partial charge in [-0.15, -0.1) is 0 Å². The number of rotatable bonds is 10. The Hall–Kier alpha value is -3.47. The highest BCUT2D eigenvalue weighted by molar-refractivity contribution is 6.32. The molecule has 0 fully saturated rings. The molecular weight excluding hydrogens is 466 g/mol. The number of aromatic nitrogens is 2. The Morgan fingerprint density at radius 1 is 1.09 bits per heavy atom. The summed E-state index contributed by atoms with van der Waals surface area (Å²) in [7, 11) is 0. The minimum absolute atomic E-state index is 0.0239. The summed E-state index contributed by atoms with van der Waals surface area (Å²) in [5, 5.41) is 33.4. The molecule has 3 aromatic rings. The van der Waals surface area contributed by atoms with Gasteiger partial charge < -0.3 is 24.6 Å². The number of carboxylic acids is 2. The third-order valence-electron chi connectivity index (χ3n) is 4.93. The lowest BCUT2D eigenvalue weighted by Gasteiger charge is -2.35. The predicted molar refractivity (Wildman–Crippen MR) is 122 cm³/mol. The first kappa shape index (κ1) is 25.2. The van der Waals surface area contributed by atoms with Crippen LogP contribution < -0.4 is 4.74 Å². The Bertz CT molecular complexity index is 1160. The molecule has 0 aliphatic rings. The normalized spacial score (nSPS) is 13.1. The first-order valence-electron chi connectivity index (χ1n) is 10.3. The van der Waals surface area contributed by atoms with Gasteiger partial charge in [0.15, 0.2) is 0 Å². The molecule has 0 amide bonds. The molecule has 0 unspecified atom stereocenters. The lowest BCUT2D eigenvalue weighted by molar-refractivity contribution is -0.159. The molecule has 1 atom stereocenters. The van der Waals surface area contributed by atoms with E-state index in [2.05, 4.69) is 10.1 Å². The van der Waals surface area contributed by atoms with Crippen LogP contribution in [0.15, 0.2) is 47.0 Å². The molecule has 1 aromatic heterocycles. The Kier molecular flexibility index (Phi) is 7.55. The Balaban J connectivity index is 1.82. The number of carboxylic acid groups (broad SMARTS) is 2. The smallest absolute Gasteiger partial charge is 0.317 e. The summed E-state index contributed by atoms with van der Waals surface area (Å²) in [6.45, 7) is 3.82. The van der Waals surface area contributed by atoms with E-state index in [0.717, 1.165) is 4.90 Å². The van der Waals surface area contributed by atoms with Gasteiger partial charge in [-0.3, -0.25) is 14.5 Å². The maximum absolute atomic E-state index is 11.1. The van der Waals surface area contributed by atoms with Crippen molar-refractivity contribution >= 4 is 23.5 Å². The second-order valence-electron chi connectivity index (χ2n) is 7.98. The van der Waals surface area contributed by atoms with Crippen molar-refractivity contribution in [2.24, 2.45) is 0 Å². The maximum atomic E-state index is 11.1. The summed E-state index contributed by atoms with van der Waals surface area (Å²) >= 11 is 6.28. The second-order valence-corrected chi connectivity index (χ2v) is 8.38. The molecule has 180 valence electrons. The zero-order chi connectivity index (χ0) is 25.0. The summed E-state index contributed by atoms with van der Waals surface area (Å²) in [6, 6.07) is 11.4. The van der Waals surface area contributed by atoms with Crippen LogP contribution >= 0.6 is 11.6 Å². The van der Waals surface area contributed by atoms with Gasteiger partial charge in [0.05, 0.1) is 24.2 Å². The fourth-order valence-electron chi connectivity index (χ4n) is 3.25. The van der Waals surface area contributed by atoms with Gasteiger partial charge in [-0.25, -0.2) is 0 Å². The molecule has 0 radical (unpaired) electrons. The van der Waals surface area contributed by atoms with E-state index in [0.29, 0.717) is 33.3 Å². The van der Waals surface area contributed by atoms with Crippen molar-refractivity contribution in [3.05, 3.63) is 53.1 Å². The molecule has 0 saturated carbocycles. The van der Waals surface area contributed by atoms with Crippen LogP contribution in [0.2, 0.25) is 5.02 Å². The number of carbonyl (C=O) groups is 2. The number of ether oxygens (including phenoxy) is 1. The van der Waals surface area contributed by atoms with Gasteiger partial charge in [-0.05, 0) is 56.7 Å². The molecule has 34 heavy (non-hydrogen) atoms. The fourth-order valence-corrected chi connectivity index (χ4v) is 3.47. The van der Waals surface area contributed by atoms with Crippen molar-refractivity contribution in [3.63, 3.8) is 0 Å². The van der Waals surface area contributed by atoms with Gasteiger partial charge in [0.25, 0.3) is 5.89 Å². The summed E-state index contributed by atoms with van der Waals surface area (Å²) < 4.78 is 11.0. The number of aliphatic hydroxyl groups is 1. The van der Waals surface area contributed by atoms with Crippen LogP contribution in [-0.2, 0) is 15.3 Å². The number of hydrogen-bond acceptors (Lipinski definition) is 8. The molecule has 0 bridgehead atoms. The van der Waals surface area contributed by atoms with Gasteiger partial charge in [0, 0.05) is 11.1 Å². The van der Waals surface area contributed by atoms with Crippen molar-refractivity contribution in [2.75, 3.05) is 13.1 Å². The lowest BCUT2D eigenvalue weighted by atomic mass is 10.0. The van der Waals surface area contributed by atoms with Gasteiger partial charge in [-0.2, -0.15) is 4.98 Å². The SMILES string of the molecule is CC(C)Oc1ccc(-c2noc(-c3ccc([C@](C)(O)N(CC(=O)O)CC(=O)O)cc3)n2)cc1Cl. The largest absolute Gasteiger partial charge is 0.489 e. The van der Waals surface area contributed by atoms with Crippen molar-refractivity contribution in [1.82, 2.24) is 15.0 Å². The third kappa shape index (κ3) is 5.90. The van der Waals surface area contributed by atoms with E-state index in [4.69, 9.17) is 31.1 Å². The standard InChI is InChI=1S/C23H24ClN3O7/c1-13(2)33-18-9-6-15(10-17(18)24)21-25-22(34-26-21)14-4-7-16(8-5-14)23(3,32)27(11-19(28)29)12-20(30)31/h4-10,13,32H,11-12H2,1-3H3,(H,28,29)(H,30,31)/t23-/m0/s1. The Morgan fingerprint density at radius 2 is 1.68 bits per heavy atom. The van der Waals surface area contributed by atoms with E-state index in [-0.39, 0.29) is 12.0 Å². The molecule has 0 saturated heterocycles. The number of halogens is 1. The average Bonchev–Trinajstić information content (AvgIpc) is 3.24. The van der Waals surface area contributed by atoms with Crippen LogP contribution in [-0.4, -0.2) is 61.5 Å². The van der Waals surface area contributed by atoms with Gasteiger partial charge in [0.2, 0.25) is 5.82 Å². The van der Waals surface area contributed by atoms with Crippen molar-refractivity contribution in [1.29, 1.82) is 0 Å². The van der Waals surface area contributed by atoms with Gasteiger partial charge >= 0.3 is 11.9 Å². The first-order valence-corrected chi connectivity index (χ1v) is 10.7. The average molecular weight is 490 g/mol. The van der Waals surface area contributed by atoms with Crippen LogP contribution in [0.4, 0.5) is 0 Å². The summed E-state index contributed by atoms with van der Waals surface area (Å²) in [5.74, 6) is -1.45. The van der Waals surface area contributed by atoms with E-state index in [1.807, 2.05) is 13.8 Å². The molecule has 3 N–H and O–H groups in total. The predicted octanol–water partition coefficient (Wildman–Crippen LogP) is 3.48. The molecule has 0 aliphatic heterocycles. The van der Waals surface area contributed by atoms with Crippen LogP contribution in [0.3, 0.4) is 0 Å². The van der Waals surface area contributed by atoms with E-state index < -0.39 is 30.8 Å². The number of benzene rings is 2. The Morgan fingerprint density at radius 3 is 2.21 bits per heavy atom. The summed E-state index contributed by atoms with van der Waals surface area (Å²) in [6.07, 6.45) is -0.0239. The van der Waals surface area contributed by atoms with E-state index in [9.17, 15) is 14.7 Å². The minimum atomic E-state index is -1.84. The topological polar surface area (TPSA) is 146 Å². The van der Waals surface area contributed by atoms with Gasteiger partial charge in [-0.1, -0.05) is 28.9 Å². The summed E-state index contributed by atoms with van der Waals surface area (Å²) in [4.78, 5) is 27.6. The number of aliphatic carboxylic acids is 2. The van der Waals surface area contributed by atoms with E-state index in [1.165, 1.54) is 19.1 Å². The van der Waals surface area contributed by atoms with Crippen LogP contribution in [0.5, 0.6) is 5.75 Å². The van der Waals surface area contributed by atoms with Gasteiger partial charge in [0.1, 0.15) is 11.5 Å². The van der Waals surface area contributed by atoms with Crippen LogP contribution in [0.25, 0.3) is 22.8 Å². The zero-order valence-corrected chi connectivity index (χ0v) is 19.5. The first-order chi connectivity index (χ1) is 16.0. The molecular formula is C23H24ClN3O7. The lowest BCUT2D eigenvalue weighted by Crippen LogP contribution is -2.48. The molecule has 10 nitrogen and oxygen atoms in total. The second kappa shape index (κ2) is 10.2. The highest BCUT2D eigenvalue weighted by Crippen LogP contribution is 2.32. The quantitative estimate of drug-likeness (QED) is 0.361.